The standard InChI is InChI=1S/C16H17F3N2/c1-11-3-2-4-14(9-11)21-15(10-20)12-5-7-13(8-6-12)16(17,18)19/h2-9,15,21H,10,20H2,1H3. The molecule has 2 nitrogen and oxygen atoms in total. The summed E-state index contributed by atoms with van der Waals surface area (Å²) in [4.78, 5) is 0. The molecule has 0 saturated heterocycles. The minimum Gasteiger partial charge on any atom is -0.377 e. The maximum absolute atomic E-state index is 12.6. The fourth-order valence-electron chi connectivity index (χ4n) is 2.12. The monoisotopic (exact) mass is 294 g/mol. The Hall–Kier alpha value is -2.01. The van der Waals surface area contributed by atoms with Gasteiger partial charge in [0.05, 0.1) is 11.6 Å². The lowest BCUT2D eigenvalue weighted by molar-refractivity contribution is -0.137. The number of hydrogen-bond acceptors (Lipinski definition) is 2. The van der Waals surface area contributed by atoms with E-state index in [-0.39, 0.29) is 6.04 Å². The molecule has 0 radical (unpaired) electrons. The van der Waals surface area contributed by atoms with Crippen molar-refractivity contribution in [2.45, 2.75) is 19.1 Å². The molecule has 21 heavy (non-hydrogen) atoms. The molecule has 2 aromatic carbocycles. The van der Waals surface area contributed by atoms with Crippen LogP contribution < -0.4 is 11.1 Å². The van der Waals surface area contributed by atoms with E-state index < -0.39 is 11.7 Å². The number of alkyl halides is 3. The Morgan fingerprint density at radius 3 is 2.29 bits per heavy atom. The Bertz CT molecular complexity index is 591. The summed E-state index contributed by atoms with van der Waals surface area (Å²) >= 11 is 0. The van der Waals surface area contributed by atoms with Gasteiger partial charge in [-0.1, -0.05) is 24.3 Å². The van der Waals surface area contributed by atoms with Crippen molar-refractivity contribution in [3.63, 3.8) is 0 Å². The Morgan fingerprint density at radius 2 is 1.76 bits per heavy atom. The van der Waals surface area contributed by atoms with Crippen molar-refractivity contribution in [2.75, 3.05) is 11.9 Å². The molecular formula is C16H17F3N2. The number of rotatable bonds is 4. The van der Waals surface area contributed by atoms with Gasteiger partial charge in [-0.3, -0.25) is 0 Å². The summed E-state index contributed by atoms with van der Waals surface area (Å²) < 4.78 is 37.7. The van der Waals surface area contributed by atoms with Crippen molar-refractivity contribution >= 4 is 5.69 Å². The summed E-state index contributed by atoms with van der Waals surface area (Å²) in [6.45, 7) is 2.26. The third kappa shape index (κ3) is 3.98. The molecule has 0 aliphatic rings. The van der Waals surface area contributed by atoms with Gasteiger partial charge in [0.15, 0.2) is 0 Å². The van der Waals surface area contributed by atoms with Crippen LogP contribution in [0.1, 0.15) is 22.7 Å². The summed E-state index contributed by atoms with van der Waals surface area (Å²) in [6, 6.07) is 12.6. The first-order valence-electron chi connectivity index (χ1n) is 6.60. The van der Waals surface area contributed by atoms with E-state index in [1.165, 1.54) is 12.1 Å². The number of nitrogens with two attached hydrogens (primary N) is 1. The molecule has 0 aliphatic heterocycles. The molecular weight excluding hydrogens is 277 g/mol. The van der Waals surface area contributed by atoms with Gasteiger partial charge in [0.25, 0.3) is 0 Å². The molecule has 0 spiro atoms. The van der Waals surface area contributed by atoms with Gasteiger partial charge in [-0.2, -0.15) is 13.2 Å². The minimum absolute atomic E-state index is 0.228. The molecule has 0 aliphatic carbocycles. The lowest BCUT2D eigenvalue weighted by Crippen LogP contribution is -2.20. The number of hydrogen-bond donors (Lipinski definition) is 2. The van der Waals surface area contributed by atoms with Crippen molar-refractivity contribution in [3.05, 3.63) is 65.2 Å². The molecule has 0 heterocycles. The van der Waals surface area contributed by atoms with E-state index in [4.69, 9.17) is 5.73 Å². The molecule has 1 unspecified atom stereocenters. The van der Waals surface area contributed by atoms with Gasteiger partial charge in [0.2, 0.25) is 0 Å². The van der Waals surface area contributed by atoms with Crippen molar-refractivity contribution in [2.24, 2.45) is 5.73 Å². The highest BCUT2D eigenvalue weighted by Crippen LogP contribution is 2.30. The maximum Gasteiger partial charge on any atom is 0.416 e. The summed E-state index contributed by atoms with van der Waals surface area (Å²) in [5.74, 6) is 0. The SMILES string of the molecule is Cc1cccc(NC(CN)c2ccc(C(F)(F)F)cc2)c1. The van der Waals surface area contributed by atoms with Gasteiger partial charge in [-0.05, 0) is 42.3 Å². The molecule has 2 rings (SSSR count). The molecule has 0 saturated carbocycles. The second-order valence-corrected chi connectivity index (χ2v) is 4.92. The zero-order chi connectivity index (χ0) is 15.5. The van der Waals surface area contributed by atoms with Gasteiger partial charge in [-0.25, -0.2) is 0 Å². The average molecular weight is 294 g/mol. The number of aryl methyl sites for hydroxylation is 1. The van der Waals surface area contributed by atoms with Crippen LogP contribution in [0.15, 0.2) is 48.5 Å². The van der Waals surface area contributed by atoms with Crippen LogP contribution in [0.5, 0.6) is 0 Å². The lowest BCUT2D eigenvalue weighted by atomic mass is 10.0. The minimum atomic E-state index is -4.32. The molecule has 0 bridgehead atoms. The van der Waals surface area contributed by atoms with Crippen LogP contribution in [-0.4, -0.2) is 6.54 Å². The number of anilines is 1. The zero-order valence-corrected chi connectivity index (χ0v) is 11.6. The molecule has 112 valence electrons. The second kappa shape index (κ2) is 6.18. The predicted octanol–water partition coefficient (Wildman–Crippen LogP) is 4.13. The highest BCUT2D eigenvalue weighted by atomic mass is 19.4. The lowest BCUT2D eigenvalue weighted by Gasteiger charge is -2.19. The van der Waals surface area contributed by atoms with Crippen LogP contribution in [0.25, 0.3) is 0 Å². The zero-order valence-electron chi connectivity index (χ0n) is 11.6. The Labute approximate surface area is 121 Å². The Balaban J connectivity index is 2.18. The fraction of sp³-hybridized carbons (Fsp3) is 0.250. The molecule has 2 aromatic rings. The Morgan fingerprint density at radius 1 is 1.10 bits per heavy atom. The highest BCUT2D eigenvalue weighted by Gasteiger charge is 2.30. The van der Waals surface area contributed by atoms with Gasteiger partial charge in [0.1, 0.15) is 0 Å². The predicted molar refractivity (Wildman–Crippen MR) is 78.0 cm³/mol. The first kappa shape index (κ1) is 15.4. The number of halogens is 3. The first-order chi connectivity index (χ1) is 9.90. The van der Waals surface area contributed by atoms with Crippen LogP contribution >= 0.6 is 0 Å². The maximum atomic E-state index is 12.6. The van der Waals surface area contributed by atoms with Gasteiger partial charge < -0.3 is 11.1 Å². The van der Waals surface area contributed by atoms with E-state index in [9.17, 15) is 13.2 Å². The summed E-state index contributed by atoms with van der Waals surface area (Å²) in [7, 11) is 0. The smallest absolute Gasteiger partial charge is 0.377 e. The second-order valence-electron chi connectivity index (χ2n) is 4.92. The summed E-state index contributed by atoms with van der Waals surface area (Å²) in [5.41, 5.74) is 7.80. The summed E-state index contributed by atoms with van der Waals surface area (Å²) in [5, 5.41) is 3.24. The van der Waals surface area contributed by atoms with Crippen LogP contribution in [0.2, 0.25) is 0 Å². The Kier molecular flexibility index (Phi) is 4.53. The molecule has 0 aromatic heterocycles. The van der Waals surface area contributed by atoms with Crippen LogP contribution in [0, 0.1) is 6.92 Å². The number of nitrogens with one attached hydrogen (secondary N) is 1. The highest BCUT2D eigenvalue weighted by molar-refractivity contribution is 5.48. The average Bonchev–Trinajstić information content (AvgIpc) is 2.44. The van der Waals surface area contributed by atoms with Gasteiger partial charge in [-0.15, -0.1) is 0 Å². The fourth-order valence-corrected chi connectivity index (χ4v) is 2.12. The third-order valence-corrected chi connectivity index (χ3v) is 3.24. The van der Waals surface area contributed by atoms with E-state index in [2.05, 4.69) is 5.32 Å². The van der Waals surface area contributed by atoms with Crippen molar-refractivity contribution in [1.82, 2.24) is 0 Å². The van der Waals surface area contributed by atoms with E-state index in [0.29, 0.717) is 6.54 Å². The molecule has 5 heteroatoms. The van der Waals surface area contributed by atoms with E-state index in [1.807, 2.05) is 31.2 Å². The quantitative estimate of drug-likeness (QED) is 0.890. The van der Waals surface area contributed by atoms with Crippen molar-refractivity contribution in [1.29, 1.82) is 0 Å². The van der Waals surface area contributed by atoms with Crippen molar-refractivity contribution < 1.29 is 13.2 Å². The number of benzene rings is 2. The normalized spacial score (nSPS) is 13.0. The van der Waals surface area contributed by atoms with Crippen LogP contribution in [0.3, 0.4) is 0 Å². The molecule has 1 atom stereocenters. The molecule has 0 amide bonds. The van der Waals surface area contributed by atoms with E-state index in [0.717, 1.165) is 28.9 Å². The van der Waals surface area contributed by atoms with Crippen molar-refractivity contribution in [3.8, 4) is 0 Å². The van der Waals surface area contributed by atoms with Gasteiger partial charge >= 0.3 is 6.18 Å². The summed E-state index contributed by atoms with van der Waals surface area (Å²) in [6.07, 6.45) is -4.32. The van der Waals surface area contributed by atoms with E-state index >= 15 is 0 Å². The largest absolute Gasteiger partial charge is 0.416 e. The topological polar surface area (TPSA) is 38.0 Å². The molecule has 3 N–H and O–H groups in total. The van der Waals surface area contributed by atoms with Gasteiger partial charge in [0, 0.05) is 12.2 Å². The third-order valence-electron chi connectivity index (χ3n) is 3.24. The van der Waals surface area contributed by atoms with Crippen LogP contribution in [0.4, 0.5) is 18.9 Å². The van der Waals surface area contributed by atoms with Crippen LogP contribution in [-0.2, 0) is 6.18 Å². The van der Waals surface area contributed by atoms with E-state index in [1.54, 1.807) is 0 Å². The first-order valence-corrected chi connectivity index (χ1v) is 6.60. The molecule has 0 fully saturated rings.